The fourth-order valence-corrected chi connectivity index (χ4v) is 2.97. The Hall–Kier alpha value is -4.41. The average Bonchev–Trinajstić information content (AvgIpc) is 3.20. The Kier molecular flexibility index (Phi) is 5.46. The van der Waals surface area contributed by atoms with Gasteiger partial charge in [-0.25, -0.2) is 13.6 Å². The van der Waals surface area contributed by atoms with Crippen molar-refractivity contribution >= 4 is 34.2 Å². The summed E-state index contributed by atoms with van der Waals surface area (Å²) in [5.74, 6) is -2.79. The van der Waals surface area contributed by atoms with Crippen molar-refractivity contribution in [2.45, 2.75) is 0 Å². The first-order valence-corrected chi connectivity index (χ1v) is 9.35. The minimum atomic E-state index is -0.999. The van der Waals surface area contributed by atoms with E-state index < -0.39 is 23.2 Å². The molecule has 0 aliphatic heterocycles. The molecule has 0 unspecified atom stereocenters. The van der Waals surface area contributed by atoms with Gasteiger partial charge in [0.15, 0.2) is 17.3 Å². The van der Waals surface area contributed by atoms with Crippen LogP contribution in [0.5, 0.6) is 0 Å². The number of hydrogen-bond donors (Lipinski definition) is 3. The Bertz CT molecular complexity index is 1320. The van der Waals surface area contributed by atoms with Crippen LogP contribution in [-0.2, 0) is 0 Å². The molecule has 9 nitrogen and oxygen atoms in total. The van der Waals surface area contributed by atoms with Gasteiger partial charge in [-0.1, -0.05) is 6.07 Å². The molecule has 4 aromatic rings. The SMILES string of the molecule is CN(C)C(=O)Nc1cncc(-c2ccc3[nH]nc(C(=O)Nc4c(F)cncc4F)c3c2)c1. The molecule has 3 aromatic heterocycles. The van der Waals surface area contributed by atoms with E-state index in [0.29, 0.717) is 27.7 Å². The van der Waals surface area contributed by atoms with Crippen LogP contribution in [0, 0.1) is 11.6 Å². The highest BCUT2D eigenvalue weighted by Gasteiger charge is 2.19. The quantitative estimate of drug-likeness (QED) is 0.451. The third-order valence-electron chi connectivity index (χ3n) is 4.60. The molecule has 0 radical (unpaired) electrons. The molecule has 4 rings (SSSR count). The zero-order valence-corrected chi connectivity index (χ0v) is 17.0. The molecule has 0 bridgehead atoms. The van der Waals surface area contributed by atoms with Crippen LogP contribution in [0.2, 0.25) is 0 Å². The number of aromatic nitrogens is 4. The Labute approximate surface area is 180 Å². The minimum Gasteiger partial charge on any atom is -0.331 e. The van der Waals surface area contributed by atoms with Crippen molar-refractivity contribution in [2.24, 2.45) is 0 Å². The van der Waals surface area contributed by atoms with Gasteiger partial charge < -0.3 is 15.5 Å². The van der Waals surface area contributed by atoms with Crippen molar-refractivity contribution in [3.63, 3.8) is 0 Å². The van der Waals surface area contributed by atoms with Gasteiger partial charge in [0.2, 0.25) is 0 Å². The number of urea groups is 1. The summed E-state index contributed by atoms with van der Waals surface area (Å²) in [6.07, 6.45) is 4.72. The van der Waals surface area contributed by atoms with Crippen molar-refractivity contribution < 1.29 is 18.4 Å². The highest BCUT2D eigenvalue weighted by atomic mass is 19.1. The van der Waals surface area contributed by atoms with Crippen LogP contribution in [0.25, 0.3) is 22.0 Å². The van der Waals surface area contributed by atoms with Crippen LogP contribution >= 0.6 is 0 Å². The van der Waals surface area contributed by atoms with Gasteiger partial charge in [0.05, 0.1) is 29.8 Å². The molecular formula is C21H17F2N7O2. The standard InChI is InChI=1S/C21H17F2N7O2/c1-30(2)21(32)26-13-5-12(7-24-8-13)11-3-4-17-14(6-11)18(29-28-17)20(31)27-19-15(22)9-25-10-16(19)23/h3-10H,1-2H3,(H,26,32)(H,28,29)(H,25,27,31). The molecule has 3 N–H and O–H groups in total. The molecule has 1 aromatic carbocycles. The molecule has 11 heteroatoms. The van der Waals surface area contributed by atoms with Gasteiger partial charge in [-0.15, -0.1) is 0 Å². The van der Waals surface area contributed by atoms with Gasteiger partial charge >= 0.3 is 6.03 Å². The monoisotopic (exact) mass is 437 g/mol. The molecule has 3 heterocycles. The van der Waals surface area contributed by atoms with Gasteiger partial charge in [-0.2, -0.15) is 5.10 Å². The molecule has 0 saturated heterocycles. The second-order valence-corrected chi connectivity index (χ2v) is 7.05. The van der Waals surface area contributed by atoms with Crippen molar-refractivity contribution in [3.8, 4) is 11.1 Å². The molecule has 0 spiro atoms. The van der Waals surface area contributed by atoms with Gasteiger partial charge in [-0.05, 0) is 23.8 Å². The number of carbonyl (C=O) groups is 2. The summed E-state index contributed by atoms with van der Waals surface area (Å²) in [4.78, 5) is 33.5. The predicted molar refractivity (Wildman–Crippen MR) is 114 cm³/mol. The van der Waals surface area contributed by atoms with Crippen molar-refractivity contribution in [2.75, 3.05) is 24.7 Å². The van der Waals surface area contributed by atoms with Crippen LogP contribution in [-0.4, -0.2) is 51.1 Å². The number of nitrogens with zero attached hydrogens (tertiary/aromatic N) is 4. The van der Waals surface area contributed by atoms with E-state index in [9.17, 15) is 18.4 Å². The highest BCUT2D eigenvalue weighted by molar-refractivity contribution is 6.11. The van der Waals surface area contributed by atoms with Crippen LogP contribution in [0.3, 0.4) is 0 Å². The van der Waals surface area contributed by atoms with E-state index in [-0.39, 0.29) is 11.7 Å². The lowest BCUT2D eigenvalue weighted by Gasteiger charge is -2.12. The lowest BCUT2D eigenvalue weighted by molar-refractivity contribution is 0.102. The summed E-state index contributed by atoms with van der Waals surface area (Å²) >= 11 is 0. The second kappa shape index (κ2) is 8.38. The number of H-pyrrole nitrogens is 1. The maximum atomic E-state index is 13.8. The molecule has 0 saturated carbocycles. The molecule has 32 heavy (non-hydrogen) atoms. The van der Waals surface area contributed by atoms with Crippen molar-refractivity contribution in [1.82, 2.24) is 25.1 Å². The molecule has 3 amide bonds. The van der Waals surface area contributed by atoms with Gasteiger partial charge in [-0.3, -0.25) is 19.9 Å². The van der Waals surface area contributed by atoms with E-state index >= 15 is 0 Å². The number of aromatic amines is 1. The number of benzene rings is 1. The van der Waals surface area contributed by atoms with E-state index in [0.717, 1.165) is 12.4 Å². The normalized spacial score (nSPS) is 10.8. The predicted octanol–water partition coefficient (Wildman–Crippen LogP) is 3.64. The Morgan fingerprint density at radius 2 is 1.66 bits per heavy atom. The molecule has 0 aliphatic carbocycles. The Balaban J connectivity index is 1.66. The number of carbonyl (C=O) groups excluding carboxylic acids is 2. The molecule has 0 aliphatic rings. The number of fused-ring (bicyclic) bond motifs is 1. The number of hydrogen-bond acceptors (Lipinski definition) is 5. The lowest BCUT2D eigenvalue weighted by Crippen LogP contribution is -2.27. The van der Waals surface area contributed by atoms with E-state index in [1.165, 1.54) is 11.1 Å². The topological polar surface area (TPSA) is 116 Å². The third-order valence-corrected chi connectivity index (χ3v) is 4.60. The Morgan fingerprint density at radius 1 is 0.938 bits per heavy atom. The number of anilines is 2. The van der Waals surface area contributed by atoms with Crippen molar-refractivity contribution in [3.05, 3.63) is 66.4 Å². The number of amides is 3. The third kappa shape index (κ3) is 4.08. The molecule has 162 valence electrons. The van der Waals surface area contributed by atoms with E-state index in [4.69, 9.17) is 0 Å². The largest absolute Gasteiger partial charge is 0.331 e. The summed E-state index contributed by atoms with van der Waals surface area (Å²) in [5, 5.41) is 12.1. The first-order valence-electron chi connectivity index (χ1n) is 9.35. The van der Waals surface area contributed by atoms with E-state index in [1.807, 2.05) is 0 Å². The fourth-order valence-electron chi connectivity index (χ4n) is 2.97. The first kappa shape index (κ1) is 20.8. The minimum absolute atomic E-state index is 0.0394. The van der Waals surface area contributed by atoms with Crippen LogP contribution < -0.4 is 10.6 Å². The van der Waals surface area contributed by atoms with Crippen LogP contribution in [0.15, 0.2) is 49.1 Å². The van der Waals surface area contributed by atoms with Crippen molar-refractivity contribution in [1.29, 1.82) is 0 Å². The van der Waals surface area contributed by atoms with E-state index in [2.05, 4.69) is 30.8 Å². The van der Waals surface area contributed by atoms with Gasteiger partial charge in [0.1, 0.15) is 5.69 Å². The summed E-state index contributed by atoms with van der Waals surface area (Å²) in [7, 11) is 3.24. The van der Waals surface area contributed by atoms with Gasteiger partial charge in [0.25, 0.3) is 5.91 Å². The number of pyridine rings is 2. The summed E-state index contributed by atoms with van der Waals surface area (Å²) in [5.41, 5.74) is 1.79. The highest BCUT2D eigenvalue weighted by Crippen LogP contribution is 2.27. The Morgan fingerprint density at radius 3 is 2.38 bits per heavy atom. The smallest absolute Gasteiger partial charge is 0.321 e. The molecular weight excluding hydrogens is 420 g/mol. The fraction of sp³-hybridized carbons (Fsp3) is 0.0952. The first-order chi connectivity index (χ1) is 15.3. The lowest BCUT2D eigenvalue weighted by atomic mass is 10.0. The second-order valence-electron chi connectivity index (χ2n) is 7.05. The number of rotatable bonds is 4. The summed E-state index contributed by atoms with van der Waals surface area (Å²) in [6.45, 7) is 0. The molecule has 0 fully saturated rings. The maximum Gasteiger partial charge on any atom is 0.321 e. The summed E-state index contributed by atoms with van der Waals surface area (Å²) < 4.78 is 27.7. The number of nitrogens with one attached hydrogen (secondary N) is 3. The summed E-state index contributed by atoms with van der Waals surface area (Å²) in [6, 6.07) is 6.63. The van der Waals surface area contributed by atoms with E-state index in [1.54, 1.807) is 44.6 Å². The van der Waals surface area contributed by atoms with Crippen LogP contribution in [0.1, 0.15) is 10.5 Å². The average molecular weight is 437 g/mol. The maximum absolute atomic E-state index is 13.8. The van der Waals surface area contributed by atoms with Gasteiger partial charge in [0, 0.05) is 31.2 Å². The zero-order chi connectivity index (χ0) is 22.8. The molecule has 0 atom stereocenters. The van der Waals surface area contributed by atoms with Crippen LogP contribution in [0.4, 0.5) is 25.0 Å². The zero-order valence-electron chi connectivity index (χ0n) is 17.0. The number of halogens is 2.